The van der Waals surface area contributed by atoms with Crippen LogP contribution in [0.3, 0.4) is 0 Å². The number of imidazole rings is 1. The van der Waals surface area contributed by atoms with Crippen LogP contribution in [0.15, 0.2) is 23.0 Å². The second kappa shape index (κ2) is 5.09. The van der Waals surface area contributed by atoms with Crippen molar-refractivity contribution >= 4 is 11.0 Å². The van der Waals surface area contributed by atoms with Gasteiger partial charge in [0.05, 0.1) is 11.0 Å². The molecule has 4 atom stereocenters. The standard InChI is InChI=1S/C16H23N3O/c1-9-4-6-13(10(9)2)17-11(3)12-5-7-14-15(8-12)19-16(20)18-14/h5,7-11,13,17H,4,6H2,1-3H3,(H2,18,19,20). The Morgan fingerprint density at radius 2 is 1.95 bits per heavy atom. The van der Waals surface area contributed by atoms with Crippen LogP contribution in [0.2, 0.25) is 0 Å². The molecule has 1 saturated carbocycles. The molecule has 3 rings (SSSR count). The molecule has 0 bridgehead atoms. The summed E-state index contributed by atoms with van der Waals surface area (Å²) in [6.07, 6.45) is 2.58. The number of rotatable bonds is 3. The molecule has 108 valence electrons. The lowest BCUT2D eigenvalue weighted by Crippen LogP contribution is -2.34. The van der Waals surface area contributed by atoms with E-state index in [1.54, 1.807) is 0 Å². The first-order valence-electron chi connectivity index (χ1n) is 7.52. The lowest BCUT2D eigenvalue weighted by Gasteiger charge is -2.24. The van der Waals surface area contributed by atoms with Crippen molar-refractivity contribution in [3.05, 3.63) is 34.2 Å². The molecule has 0 amide bonds. The molecule has 4 heteroatoms. The predicted molar refractivity (Wildman–Crippen MR) is 81.8 cm³/mol. The molecule has 1 aliphatic rings. The number of H-pyrrole nitrogens is 2. The van der Waals surface area contributed by atoms with E-state index < -0.39 is 0 Å². The molecule has 20 heavy (non-hydrogen) atoms. The summed E-state index contributed by atoms with van der Waals surface area (Å²) in [5.41, 5.74) is 2.83. The summed E-state index contributed by atoms with van der Waals surface area (Å²) in [6, 6.07) is 7.03. The second-order valence-corrected chi connectivity index (χ2v) is 6.29. The molecule has 1 aliphatic carbocycles. The summed E-state index contributed by atoms with van der Waals surface area (Å²) < 4.78 is 0. The predicted octanol–water partition coefficient (Wildman–Crippen LogP) is 2.94. The van der Waals surface area contributed by atoms with E-state index in [4.69, 9.17) is 0 Å². The fraction of sp³-hybridized carbons (Fsp3) is 0.562. The van der Waals surface area contributed by atoms with Crippen LogP contribution in [0.5, 0.6) is 0 Å². The van der Waals surface area contributed by atoms with E-state index >= 15 is 0 Å². The van der Waals surface area contributed by atoms with Crippen molar-refractivity contribution in [1.29, 1.82) is 0 Å². The molecule has 0 saturated heterocycles. The van der Waals surface area contributed by atoms with Crippen molar-refractivity contribution in [3.63, 3.8) is 0 Å². The molecule has 1 aromatic carbocycles. The summed E-state index contributed by atoms with van der Waals surface area (Å²) in [5, 5.41) is 3.74. The van der Waals surface area contributed by atoms with Crippen molar-refractivity contribution in [3.8, 4) is 0 Å². The van der Waals surface area contributed by atoms with Crippen LogP contribution in [0, 0.1) is 11.8 Å². The van der Waals surface area contributed by atoms with Gasteiger partial charge < -0.3 is 15.3 Å². The van der Waals surface area contributed by atoms with Gasteiger partial charge in [-0.05, 0) is 49.3 Å². The van der Waals surface area contributed by atoms with Crippen LogP contribution < -0.4 is 11.0 Å². The Balaban J connectivity index is 1.78. The molecule has 1 heterocycles. The lowest BCUT2D eigenvalue weighted by atomic mass is 9.96. The van der Waals surface area contributed by atoms with Gasteiger partial charge in [0.25, 0.3) is 0 Å². The molecule has 0 spiro atoms. The number of fused-ring (bicyclic) bond motifs is 1. The molecule has 2 aromatic rings. The normalized spacial score (nSPS) is 28.1. The van der Waals surface area contributed by atoms with Crippen LogP contribution in [-0.2, 0) is 0 Å². The molecule has 3 N–H and O–H groups in total. The monoisotopic (exact) mass is 273 g/mol. The third kappa shape index (κ3) is 2.40. The largest absolute Gasteiger partial charge is 0.323 e. The first-order chi connectivity index (χ1) is 9.54. The number of nitrogens with one attached hydrogen (secondary N) is 3. The van der Waals surface area contributed by atoms with Crippen LogP contribution in [-0.4, -0.2) is 16.0 Å². The van der Waals surface area contributed by atoms with Crippen molar-refractivity contribution in [2.45, 2.75) is 45.7 Å². The van der Waals surface area contributed by atoms with Gasteiger partial charge in [-0.1, -0.05) is 19.9 Å². The number of aromatic nitrogens is 2. The van der Waals surface area contributed by atoms with Gasteiger partial charge in [-0.3, -0.25) is 0 Å². The van der Waals surface area contributed by atoms with Crippen LogP contribution in [0.25, 0.3) is 11.0 Å². The Hall–Kier alpha value is -1.55. The van der Waals surface area contributed by atoms with Crippen LogP contribution in [0.1, 0.15) is 45.2 Å². The smallest absolute Gasteiger partial charge is 0.307 e. The second-order valence-electron chi connectivity index (χ2n) is 6.29. The third-order valence-electron chi connectivity index (χ3n) is 4.97. The zero-order chi connectivity index (χ0) is 14.3. The molecular weight excluding hydrogens is 250 g/mol. The summed E-state index contributed by atoms with van der Waals surface area (Å²) in [5.74, 6) is 1.54. The van der Waals surface area contributed by atoms with E-state index in [1.807, 2.05) is 6.07 Å². The van der Waals surface area contributed by atoms with E-state index in [9.17, 15) is 4.79 Å². The maximum atomic E-state index is 11.3. The molecule has 4 nitrogen and oxygen atoms in total. The fourth-order valence-corrected chi connectivity index (χ4v) is 3.34. The van der Waals surface area contributed by atoms with E-state index in [1.165, 1.54) is 18.4 Å². The molecule has 0 aliphatic heterocycles. The van der Waals surface area contributed by atoms with Crippen LogP contribution in [0.4, 0.5) is 0 Å². The maximum Gasteiger partial charge on any atom is 0.323 e. The molecule has 1 aromatic heterocycles. The van der Waals surface area contributed by atoms with Gasteiger partial charge >= 0.3 is 5.69 Å². The highest BCUT2D eigenvalue weighted by molar-refractivity contribution is 5.75. The molecule has 4 unspecified atom stereocenters. The first kappa shape index (κ1) is 13.4. The third-order valence-corrected chi connectivity index (χ3v) is 4.97. The molecule has 0 radical (unpaired) electrons. The Kier molecular flexibility index (Phi) is 3.42. The summed E-state index contributed by atoms with van der Waals surface area (Å²) in [4.78, 5) is 16.9. The van der Waals surface area contributed by atoms with Gasteiger partial charge in [-0.25, -0.2) is 4.79 Å². The topological polar surface area (TPSA) is 60.7 Å². The number of aromatic amines is 2. The summed E-state index contributed by atoms with van der Waals surface area (Å²) >= 11 is 0. The van der Waals surface area contributed by atoms with Gasteiger partial charge in [-0.15, -0.1) is 0 Å². The lowest BCUT2D eigenvalue weighted by molar-refractivity contribution is 0.347. The van der Waals surface area contributed by atoms with Crippen molar-refractivity contribution in [1.82, 2.24) is 15.3 Å². The van der Waals surface area contributed by atoms with Crippen molar-refractivity contribution in [2.75, 3.05) is 0 Å². The van der Waals surface area contributed by atoms with E-state index in [0.29, 0.717) is 12.1 Å². The summed E-state index contributed by atoms with van der Waals surface area (Å²) in [7, 11) is 0. The minimum absolute atomic E-state index is 0.143. The van der Waals surface area contributed by atoms with Crippen molar-refractivity contribution < 1.29 is 0 Å². The average Bonchev–Trinajstić information content (AvgIpc) is 2.93. The highest BCUT2D eigenvalue weighted by Crippen LogP contribution is 2.32. The SMILES string of the molecule is CC(NC1CCC(C)C1C)c1ccc2[nH]c(=O)[nH]c2c1. The van der Waals surface area contributed by atoms with Crippen LogP contribution >= 0.6 is 0 Å². The highest BCUT2D eigenvalue weighted by atomic mass is 16.1. The van der Waals surface area contributed by atoms with Gasteiger partial charge in [0.15, 0.2) is 0 Å². The summed E-state index contributed by atoms with van der Waals surface area (Å²) in [6.45, 7) is 6.88. The van der Waals surface area contributed by atoms with E-state index in [-0.39, 0.29) is 5.69 Å². The minimum Gasteiger partial charge on any atom is -0.307 e. The van der Waals surface area contributed by atoms with Gasteiger partial charge in [0.1, 0.15) is 0 Å². The quantitative estimate of drug-likeness (QED) is 0.805. The fourth-order valence-electron chi connectivity index (χ4n) is 3.34. The first-order valence-corrected chi connectivity index (χ1v) is 7.52. The van der Waals surface area contributed by atoms with Gasteiger partial charge in [0, 0.05) is 12.1 Å². The van der Waals surface area contributed by atoms with E-state index in [2.05, 4.69) is 48.2 Å². The average molecular weight is 273 g/mol. The molecular formula is C16H23N3O. The van der Waals surface area contributed by atoms with E-state index in [0.717, 1.165) is 22.9 Å². The van der Waals surface area contributed by atoms with Gasteiger partial charge in [-0.2, -0.15) is 0 Å². The highest BCUT2D eigenvalue weighted by Gasteiger charge is 2.30. The molecule has 1 fully saturated rings. The Morgan fingerprint density at radius 1 is 1.20 bits per heavy atom. The van der Waals surface area contributed by atoms with Gasteiger partial charge in [0.2, 0.25) is 0 Å². The maximum absolute atomic E-state index is 11.3. The minimum atomic E-state index is -0.143. The van der Waals surface area contributed by atoms with Crippen molar-refractivity contribution in [2.24, 2.45) is 11.8 Å². The number of hydrogen-bond donors (Lipinski definition) is 3. The number of benzene rings is 1. The zero-order valence-corrected chi connectivity index (χ0v) is 12.4. The number of hydrogen-bond acceptors (Lipinski definition) is 2. The Morgan fingerprint density at radius 3 is 2.65 bits per heavy atom. The Labute approximate surface area is 119 Å². The Bertz CT molecular complexity index is 657. The zero-order valence-electron chi connectivity index (χ0n) is 12.4.